The molecule has 0 aliphatic carbocycles. The zero-order chi connectivity index (χ0) is 12.0. The average molecular weight is 231 g/mol. The number of ether oxygens (including phenoxy) is 1. The van der Waals surface area contributed by atoms with Gasteiger partial charge in [0, 0.05) is 19.8 Å². The SMILES string of the molecule is NCC1(C(=O)NOCC(N)=O)CCOCC1. The Morgan fingerprint density at radius 1 is 1.38 bits per heavy atom. The van der Waals surface area contributed by atoms with Crippen molar-refractivity contribution in [1.82, 2.24) is 5.48 Å². The Morgan fingerprint density at radius 3 is 2.50 bits per heavy atom. The highest BCUT2D eigenvalue weighted by molar-refractivity contribution is 5.82. The smallest absolute Gasteiger partial charge is 0.251 e. The lowest BCUT2D eigenvalue weighted by Crippen LogP contribution is -2.49. The van der Waals surface area contributed by atoms with Gasteiger partial charge in [0.2, 0.25) is 5.91 Å². The number of carbonyl (C=O) groups excluding carboxylic acids is 2. The number of hydrogen-bond acceptors (Lipinski definition) is 5. The largest absolute Gasteiger partial charge is 0.381 e. The van der Waals surface area contributed by atoms with Gasteiger partial charge in [0.25, 0.3) is 5.91 Å². The minimum absolute atomic E-state index is 0.224. The van der Waals surface area contributed by atoms with Crippen molar-refractivity contribution in [2.45, 2.75) is 12.8 Å². The molecule has 0 atom stereocenters. The summed E-state index contributed by atoms with van der Waals surface area (Å²) in [4.78, 5) is 26.9. The molecule has 92 valence electrons. The number of nitrogens with two attached hydrogens (primary N) is 2. The summed E-state index contributed by atoms with van der Waals surface area (Å²) in [5.41, 5.74) is 12.0. The Morgan fingerprint density at radius 2 is 2.00 bits per heavy atom. The third kappa shape index (κ3) is 3.16. The Hall–Kier alpha value is -1.18. The molecule has 1 heterocycles. The number of amides is 2. The zero-order valence-corrected chi connectivity index (χ0v) is 9.03. The van der Waals surface area contributed by atoms with Crippen molar-refractivity contribution in [3.05, 3.63) is 0 Å². The number of hydrogen-bond donors (Lipinski definition) is 3. The van der Waals surface area contributed by atoms with Gasteiger partial charge in [-0.1, -0.05) is 0 Å². The van der Waals surface area contributed by atoms with E-state index in [1.165, 1.54) is 0 Å². The molecule has 7 heteroatoms. The Bertz CT molecular complexity index is 263. The fourth-order valence-corrected chi connectivity index (χ4v) is 1.57. The maximum atomic E-state index is 11.8. The summed E-state index contributed by atoms with van der Waals surface area (Å²) in [5, 5.41) is 0. The minimum atomic E-state index is -0.657. The van der Waals surface area contributed by atoms with E-state index in [1.807, 2.05) is 0 Å². The minimum Gasteiger partial charge on any atom is -0.381 e. The molecule has 1 fully saturated rings. The van der Waals surface area contributed by atoms with E-state index in [2.05, 4.69) is 10.3 Å². The summed E-state index contributed by atoms with van der Waals surface area (Å²) in [6, 6.07) is 0. The lowest BCUT2D eigenvalue weighted by molar-refractivity contribution is -0.150. The summed E-state index contributed by atoms with van der Waals surface area (Å²) in [5.74, 6) is -0.964. The molecule has 1 saturated heterocycles. The highest BCUT2D eigenvalue weighted by Gasteiger charge is 2.39. The van der Waals surface area contributed by atoms with Gasteiger partial charge in [-0.3, -0.25) is 14.4 Å². The summed E-state index contributed by atoms with van der Waals surface area (Å²) < 4.78 is 5.17. The second-order valence-electron chi connectivity index (χ2n) is 3.78. The normalized spacial score (nSPS) is 19.1. The summed E-state index contributed by atoms with van der Waals surface area (Å²) in [6.45, 7) is 0.881. The van der Waals surface area contributed by atoms with Crippen LogP contribution in [0.3, 0.4) is 0 Å². The predicted octanol–water partition coefficient (Wildman–Crippen LogP) is -1.72. The summed E-state index contributed by atoms with van der Waals surface area (Å²) in [6.07, 6.45) is 1.10. The van der Waals surface area contributed by atoms with Gasteiger partial charge in [-0.25, -0.2) is 5.48 Å². The van der Waals surface area contributed by atoms with Gasteiger partial charge in [-0.2, -0.15) is 0 Å². The maximum Gasteiger partial charge on any atom is 0.251 e. The van der Waals surface area contributed by atoms with Gasteiger partial charge in [0.15, 0.2) is 6.61 Å². The van der Waals surface area contributed by atoms with Crippen molar-refractivity contribution in [3.8, 4) is 0 Å². The van der Waals surface area contributed by atoms with Crippen LogP contribution >= 0.6 is 0 Å². The quantitative estimate of drug-likeness (QED) is 0.486. The summed E-state index contributed by atoms with van der Waals surface area (Å²) in [7, 11) is 0. The molecule has 0 saturated carbocycles. The predicted molar refractivity (Wildman–Crippen MR) is 54.8 cm³/mol. The first-order chi connectivity index (χ1) is 7.60. The molecule has 0 aromatic heterocycles. The lowest BCUT2D eigenvalue weighted by atomic mass is 9.79. The monoisotopic (exact) mass is 231 g/mol. The fourth-order valence-electron chi connectivity index (χ4n) is 1.57. The van der Waals surface area contributed by atoms with Crippen LogP contribution in [-0.4, -0.2) is 38.2 Å². The topological polar surface area (TPSA) is 117 Å². The first-order valence-corrected chi connectivity index (χ1v) is 5.09. The van der Waals surface area contributed by atoms with Crippen LogP contribution in [0.5, 0.6) is 0 Å². The molecule has 7 nitrogen and oxygen atoms in total. The molecule has 16 heavy (non-hydrogen) atoms. The van der Waals surface area contributed by atoms with Crippen LogP contribution < -0.4 is 16.9 Å². The number of primary amides is 1. The van der Waals surface area contributed by atoms with Gasteiger partial charge >= 0.3 is 0 Å². The van der Waals surface area contributed by atoms with E-state index in [1.54, 1.807) is 0 Å². The standard InChI is InChI=1S/C9H17N3O4/c10-6-9(1-3-15-4-2-9)8(14)12-16-5-7(11)13/h1-6,10H2,(H2,11,13)(H,12,14). The van der Waals surface area contributed by atoms with E-state index >= 15 is 0 Å². The lowest BCUT2D eigenvalue weighted by Gasteiger charge is -2.33. The maximum absolute atomic E-state index is 11.8. The first-order valence-electron chi connectivity index (χ1n) is 5.09. The highest BCUT2D eigenvalue weighted by Crippen LogP contribution is 2.29. The second kappa shape index (κ2) is 5.78. The van der Waals surface area contributed by atoms with E-state index in [-0.39, 0.29) is 19.1 Å². The van der Waals surface area contributed by atoms with Crippen molar-refractivity contribution in [3.63, 3.8) is 0 Å². The average Bonchev–Trinajstić information content (AvgIpc) is 2.29. The van der Waals surface area contributed by atoms with Crippen molar-refractivity contribution in [1.29, 1.82) is 0 Å². The molecule has 0 unspecified atom stereocenters. The Labute approximate surface area is 93.4 Å². The molecule has 5 N–H and O–H groups in total. The third-order valence-electron chi connectivity index (χ3n) is 2.70. The van der Waals surface area contributed by atoms with Gasteiger partial charge in [0.05, 0.1) is 5.41 Å². The molecule has 2 amide bonds. The van der Waals surface area contributed by atoms with Crippen molar-refractivity contribution >= 4 is 11.8 Å². The molecule has 1 rings (SSSR count). The van der Waals surface area contributed by atoms with Crippen LogP contribution in [0.1, 0.15) is 12.8 Å². The number of rotatable bonds is 5. The van der Waals surface area contributed by atoms with Crippen LogP contribution in [0, 0.1) is 5.41 Å². The van der Waals surface area contributed by atoms with Crippen LogP contribution in [0.15, 0.2) is 0 Å². The summed E-state index contributed by atoms with van der Waals surface area (Å²) >= 11 is 0. The first kappa shape index (κ1) is 12.9. The molecular weight excluding hydrogens is 214 g/mol. The van der Waals surface area contributed by atoms with Crippen LogP contribution in [-0.2, 0) is 19.2 Å². The number of hydroxylamine groups is 1. The highest BCUT2D eigenvalue weighted by atomic mass is 16.7. The van der Waals surface area contributed by atoms with Gasteiger partial charge in [-0.05, 0) is 12.8 Å². The van der Waals surface area contributed by atoms with Crippen molar-refractivity contribution in [2.75, 3.05) is 26.4 Å². The molecule has 1 aliphatic heterocycles. The molecule has 0 radical (unpaired) electrons. The second-order valence-corrected chi connectivity index (χ2v) is 3.78. The van der Waals surface area contributed by atoms with Gasteiger partial charge < -0.3 is 16.2 Å². The van der Waals surface area contributed by atoms with E-state index < -0.39 is 11.3 Å². The fraction of sp³-hybridized carbons (Fsp3) is 0.778. The molecular formula is C9H17N3O4. The van der Waals surface area contributed by atoms with E-state index in [9.17, 15) is 9.59 Å². The molecule has 0 aromatic carbocycles. The van der Waals surface area contributed by atoms with Crippen molar-refractivity contribution in [2.24, 2.45) is 16.9 Å². The third-order valence-corrected chi connectivity index (χ3v) is 2.70. The molecule has 0 bridgehead atoms. The Kier molecular flexibility index (Phi) is 4.66. The Balaban J connectivity index is 2.45. The van der Waals surface area contributed by atoms with Crippen LogP contribution in [0.4, 0.5) is 0 Å². The molecule has 0 spiro atoms. The van der Waals surface area contributed by atoms with Crippen LogP contribution in [0.2, 0.25) is 0 Å². The van der Waals surface area contributed by atoms with E-state index in [4.69, 9.17) is 16.2 Å². The van der Waals surface area contributed by atoms with E-state index in [0.717, 1.165) is 0 Å². The van der Waals surface area contributed by atoms with Gasteiger partial charge in [-0.15, -0.1) is 0 Å². The zero-order valence-electron chi connectivity index (χ0n) is 9.03. The van der Waals surface area contributed by atoms with Crippen molar-refractivity contribution < 1.29 is 19.2 Å². The molecule has 1 aliphatic rings. The van der Waals surface area contributed by atoms with Gasteiger partial charge in [0.1, 0.15) is 0 Å². The molecule has 0 aromatic rings. The number of nitrogens with one attached hydrogen (secondary N) is 1. The van der Waals surface area contributed by atoms with Crippen LogP contribution in [0.25, 0.3) is 0 Å². The number of carbonyl (C=O) groups is 2. The van der Waals surface area contributed by atoms with E-state index in [0.29, 0.717) is 26.1 Å².